The third kappa shape index (κ3) is 3.33. The molecule has 1 aliphatic rings. The van der Waals surface area contributed by atoms with E-state index < -0.39 is 16.1 Å². The number of hydrogen-bond donors (Lipinski definition) is 0. The molecule has 2 aromatic rings. The van der Waals surface area contributed by atoms with Crippen LogP contribution in [0.15, 0.2) is 48.5 Å². The van der Waals surface area contributed by atoms with Gasteiger partial charge in [0.25, 0.3) is 0 Å². The lowest BCUT2D eigenvalue weighted by Gasteiger charge is -2.12. The highest BCUT2D eigenvalue weighted by Crippen LogP contribution is 2.36. The quantitative estimate of drug-likeness (QED) is 0.631. The van der Waals surface area contributed by atoms with E-state index in [1.807, 2.05) is 6.07 Å². The molecule has 0 N–H and O–H groups in total. The van der Waals surface area contributed by atoms with E-state index in [1.165, 1.54) is 0 Å². The lowest BCUT2D eigenvalue weighted by atomic mass is 10.00. The maximum Gasteiger partial charge on any atom is 0.338 e. The average Bonchev–Trinajstić information content (AvgIpc) is 2.72. The molecule has 0 saturated carbocycles. The average molecular weight is 344 g/mol. The third-order valence-electron chi connectivity index (χ3n) is 3.56. The van der Waals surface area contributed by atoms with Crippen molar-refractivity contribution in [2.24, 2.45) is 0 Å². The second-order valence-corrected chi connectivity index (χ2v) is 6.85. The zero-order valence-electron chi connectivity index (χ0n) is 13.1. The summed E-state index contributed by atoms with van der Waals surface area (Å²) in [4.78, 5) is 11.7. The van der Waals surface area contributed by atoms with Crippen LogP contribution in [0.3, 0.4) is 0 Å². The van der Waals surface area contributed by atoms with E-state index in [0.717, 1.165) is 5.56 Å². The summed E-state index contributed by atoms with van der Waals surface area (Å²) >= 11 is 0. The molecular weight excluding hydrogens is 328 g/mol. The topological polar surface area (TPSA) is 69.7 Å². The Hall–Kier alpha value is -2.60. The van der Waals surface area contributed by atoms with Crippen molar-refractivity contribution < 1.29 is 22.1 Å². The number of carbonyl (C=O) groups excluding carboxylic acids is 1. The Bertz CT molecular complexity index is 896. The molecule has 0 spiro atoms. The number of ether oxygens (including phenoxy) is 1. The van der Waals surface area contributed by atoms with Crippen molar-refractivity contribution in [2.45, 2.75) is 6.92 Å². The summed E-state index contributed by atoms with van der Waals surface area (Å²) in [5, 5.41) is 0. The number of hydrogen-bond acceptors (Lipinski definition) is 5. The van der Waals surface area contributed by atoms with Gasteiger partial charge in [0.05, 0.1) is 12.2 Å². The SMILES string of the molecule is CCOC(=O)c1ccc(-c2cccc3c2OS(=O)(=O)CC=C3)cc1. The Labute approximate surface area is 140 Å². The van der Waals surface area contributed by atoms with Crippen LogP contribution in [0.25, 0.3) is 17.2 Å². The van der Waals surface area contributed by atoms with Crippen LogP contribution in [-0.2, 0) is 14.9 Å². The minimum atomic E-state index is -3.65. The summed E-state index contributed by atoms with van der Waals surface area (Å²) in [6.07, 6.45) is 3.30. The van der Waals surface area contributed by atoms with Gasteiger partial charge in [-0.25, -0.2) is 4.79 Å². The van der Waals surface area contributed by atoms with Gasteiger partial charge in [0.1, 0.15) is 5.75 Å². The van der Waals surface area contributed by atoms with Crippen molar-refractivity contribution in [3.05, 3.63) is 59.7 Å². The molecule has 5 nitrogen and oxygen atoms in total. The molecule has 1 aliphatic heterocycles. The summed E-state index contributed by atoms with van der Waals surface area (Å²) in [6.45, 7) is 2.06. The Morgan fingerprint density at radius 1 is 1.17 bits per heavy atom. The molecule has 0 atom stereocenters. The van der Waals surface area contributed by atoms with Crippen molar-refractivity contribution in [1.82, 2.24) is 0 Å². The predicted molar refractivity (Wildman–Crippen MR) is 91.3 cm³/mol. The van der Waals surface area contributed by atoms with Gasteiger partial charge in [-0.15, -0.1) is 0 Å². The number of benzene rings is 2. The first-order chi connectivity index (χ1) is 11.5. The summed E-state index contributed by atoms with van der Waals surface area (Å²) < 4.78 is 34.0. The highest BCUT2D eigenvalue weighted by atomic mass is 32.2. The number of para-hydroxylation sites is 1. The van der Waals surface area contributed by atoms with E-state index in [2.05, 4.69) is 0 Å². The first-order valence-electron chi connectivity index (χ1n) is 7.49. The second-order valence-electron chi connectivity index (χ2n) is 5.23. The minimum Gasteiger partial charge on any atom is -0.462 e. The Balaban J connectivity index is 2.02. The number of esters is 1. The summed E-state index contributed by atoms with van der Waals surface area (Å²) in [6, 6.07) is 12.2. The van der Waals surface area contributed by atoms with Gasteiger partial charge in [-0.05, 0) is 24.6 Å². The molecule has 0 amide bonds. The molecular formula is C18H16O5S. The monoisotopic (exact) mass is 344 g/mol. The number of fused-ring (bicyclic) bond motifs is 1. The third-order valence-corrected chi connectivity index (χ3v) is 4.58. The van der Waals surface area contributed by atoms with Crippen LogP contribution in [-0.4, -0.2) is 26.7 Å². The van der Waals surface area contributed by atoms with Gasteiger partial charge < -0.3 is 8.92 Å². The molecule has 0 aliphatic carbocycles. The zero-order chi connectivity index (χ0) is 17.2. The largest absolute Gasteiger partial charge is 0.462 e. The Morgan fingerprint density at radius 2 is 1.92 bits per heavy atom. The van der Waals surface area contributed by atoms with Crippen molar-refractivity contribution >= 4 is 22.2 Å². The molecule has 0 unspecified atom stereocenters. The van der Waals surface area contributed by atoms with Gasteiger partial charge in [-0.3, -0.25) is 0 Å². The van der Waals surface area contributed by atoms with Crippen LogP contribution in [0.1, 0.15) is 22.8 Å². The highest BCUT2D eigenvalue weighted by Gasteiger charge is 2.20. The predicted octanol–water partition coefficient (Wildman–Crippen LogP) is 3.27. The van der Waals surface area contributed by atoms with Crippen LogP contribution in [0.4, 0.5) is 0 Å². The molecule has 6 heteroatoms. The molecule has 3 rings (SSSR count). The fraction of sp³-hybridized carbons (Fsp3) is 0.167. The molecule has 2 aromatic carbocycles. The summed E-state index contributed by atoms with van der Waals surface area (Å²) in [7, 11) is -3.65. The summed E-state index contributed by atoms with van der Waals surface area (Å²) in [5.41, 5.74) is 2.54. The molecule has 0 radical (unpaired) electrons. The lowest BCUT2D eigenvalue weighted by Crippen LogP contribution is -2.11. The first-order valence-corrected chi connectivity index (χ1v) is 9.07. The highest BCUT2D eigenvalue weighted by molar-refractivity contribution is 7.87. The van der Waals surface area contributed by atoms with E-state index in [-0.39, 0.29) is 5.75 Å². The molecule has 0 saturated heterocycles. The minimum absolute atomic E-state index is 0.164. The van der Waals surface area contributed by atoms with Crippen LogP contribution in [0.2, 0.25) is 0 Å². The van der Waals surface area contributed by atoms with E-state index in [9.17, 15) is 13.2 Å². The maximum atomic E-state index is 11.9. The molecule has 124 valence electrons. The van der Waals surface area contributed by atoms with Crippen molar-refractivity contribution in [3.63, 3.8) is 0 Å². The van der Waals surface area contributed by atoms with E-state index in [0.29, 0.717) is 29.0 Å². The fourth-order valence-electron chi connectivity index (χ4n) is 2.46. The van der Waals surface area contributed by atoms with E-state index in [4.69, 9.17) is 8.92 Å². The van der Waals surface area contributed by atoms with Gasteiger partial charge >= 0.3 is 16.1 Å². The van der Waals surface area contributed by atoms with E-state index >= 15 is 0 Å². The molecule has 0 aromatic heterocycles. The van der Waals surface area contributed by atoms with Crippen molar-refractivity contribution in [2.75, 3.05) is 12.4 Å². The number of rotatable bonds is 3. The summed E-state index contributed by atoms with van der Waals surface area (Å²) in [5.74, 6) is -0.254. The van der Waals surface area contributed by atoms with Crippen LogP contribution >= 0.6 is 0 Å². The van der Waals surface area contributed by atoms with Crippen LogP contribution in [0.5, 0.6) is 5.75 Å². The Morgan fingerprint density at radius 3 is 2.62 bits per heavy atom. The fourth-order valence-corrected chi connectivity index (χ4v) is 3.30. The zero-order valence-corrected chi connectivity index (χ0v) is 13.9. The maximum absolute atomic E-state index is 11.9. The Kier molecular flexibility index (Phi) is 4.40. The van der Waals surface area contributed by atoms with Crippen molar-refractivity contribution in [1.29, 1.82) is 0 Å². The van der Waals surface area contributed by atoms with Gasteiger partial charge in [0.15, 0.2) is 5.75 Å². The van der Waals surface area contributed by atoms with Gasteiger partial charge in [0.2, 0.25) is 0 Å². The lowest BCUT2D eigenvalue weighted by molar-refractivity contribution is 0.0526. The molecule has 0 fully saturated rings. The molecule has 24 heavy (non-hydrogen) atoms. The molecule has 1 heterocycles. The first kappa shape index (κ1) is 16.3. The smallest absolute Gasteiger partial charge is 0.338 e. The standard InChI is InChI=1S/C18H16O5S/c1-2-22-18(19)15-10-8-13(9-11-15)16-7-3-5-14-6-4-12-24(20,21)23-17(14)16/h3-11H,2,12H2,1H3. The number of carbonyl (C=O) groups is 1. The van der Waals surface area contributed by atoms with Gasteiger partial charge in [-0.1, -0.05) is 42.5 Å². The van der Waals surface area contributed by atoms with Crippen LogP contribution in [0, 0.1) is 0 Å². The van der Waals surface area contributed by atoms with Crippen molar-refractivity contribution in [3.8, 4) is 16.9 Å². The van der Waals surface area contributed by atoms with Gasteiger partial charge in [-0.2, -0.15) is 8.42 Å². The normalized spacial score (nSPS) is 15.0. The van der Waals surface area contributed by atoms with Gasteiger partial charge in [0, 0.05) is 11.1 Å². The van der Waals surface area contributed by atoms with Crippen LogP contribution < -0.4 is 4.18 Å². The van der Waals surface area contributed by atoms with E-state index in [1.54, 1.807) is 55.5 Å². The second kappa shape index (κ2) is 6.49. The molecule has 0 bridgehead atoms.